The summed E-state index contributed by atoms with van der Waals surface area (Å²) in [5, 5.41) is 24.2. The summed E-state index contributed by atoms with van der Waals surface area (Å²) < 4.78 is 1.92. The summed E-state index contributed by atoms with van der Waals surface area (Å²) in [5.41, 5.74) is 0. The molecule has 9 rings (SSSR count). The molecule has 1 aliphatic heterocycles. The molecule has 8 aromatic rings. The van der Waals surface area contributed by atoms with E-state index >= 15 is 0 Å². The van der Waals surface area contributed by atoms with E-state index < -0.39 is 0 Å². The standard InChI is InChI=1S/C6H10N2.C6H6.C5H5N.3C4H4N2.8C4H10.C3H3N3.2C3H4N2.9C2H6/c1-6(2)8-5-3-4-7-8;2*1-2-4-6-5-3-1;1-2-6-4-3-5-1;1-2-5-4-6-3-1;1-2-4-6-5-3-1;8*1-4(2)3;1-2-5-6-3-4-1;1-2-5-3-4-1;1-2-4-5-3-1;9*1-2/h3-6H,1-2H3;1-6H;1-5H;3*1-4H;8*4H,1-3H3;1-3H;1,3H,2H2;1-3H,(H,4,5);9*1-2H3. The van der Waals surface area contributed by atoms with E-state index in [1.54, 1.807) is 105 Å². The van der Waals surface area contributed by atoms with E-state index in [0.29, 0.717) is 6.04 Å². The Morgan fingerprint density at radius 3 is 0.635 bits per heavy atom. The van der Waals surface area contributed by atoms with Gasteiger partial charge in [-0.1, -0.05) is 333 Å². The third-order valence-electron chi connectivity index (χ3n) is 4.98. The van der Waals surface area contributed by atoms with Gasteiger partial charge in [-0.25, -0.2) is 19.9 Å². The maximum atomic E-state index is 4.03. The lowest BCUT2D eigenvalue weighted by molar-refractivity contribution is 0.532. The molecule has 0 saturated heterocycles. The van der Waals surface area contributed by atoms with Gasteiger partial charge in [-0.15, -0.1) is 5.10 Å². The molecule has 610 valence electrons. The minimum atomic E-state index is 0.491. The highest BCUT2D eigenvalue weighted by Gasteiger charge is 1.91. The summed E-state index contributed by atoms with van der Waals surface area (Å²) >= 11 is 0. The highest BCUT2D eigenvalue weighted by molar-refractivity contribution is 5.79. The summed E-state index contributed by atoms with van der Waals surface area (Å²) in [6, 6.07) is 27.4. The van der Waals surface area contributed by atoms with Crippen molar-refractivity contribution in [3.8, 4) is 0 Å². The second-order valence-electron chi connectivity index (χ2n) is 23.2. The van der Waals surface area contributed by atoms with Crippen molar-refractivity contribution in [2.75, 3.05) is 6.54 Å². The van der Waals surface area contributed by atoms with Crippen molar-refractivity contribution in [3.63, 3.8) is 0 Å². The van der Waals surface area contributed by atoms with Gasteiger partial charge < -0.3 is 0 Å². The number of nitrogens with zero attached hydrogens (tertiary/aromatic N) is 15. The highest BCUT2D eigenvalue weighted by atomic mass is 15.3. The average Bonchev–Trinajstić information content (AvgIpc) is 2.03. The first kappa shape index (κ1) is 139. The fourth-order valence-electron chi connectivity index (χ4n) is 2.70. The maximum absolute atomic E-state index is 4.03. The molecular weight excluding hydrogens is 1280 g/mol. The van der Waals surface area contributed by atoms with Crippen LogP contribution in [-0.2, 0) is 0 Å². The molecule has 1 aliphatic rings. The van der Waals surface area contributed by atoms with Gasteiger partial charge in [-0.2, -0.15) is 25.5 Å². The normalized spacial score (nSPS) is 8.09. The van der Waals surface area contributed by atoms with Crippen LogP contribution in [0.2, 0.25) is 0 Å². The van der Waals surface area contributed by atoms with Crippen LogP contribution in [0.1, 0.15) is 311 Å². The van der Waals surface area contributed by atoms with Gasteiger partial charge in [0.15, 0.2) is 0 Å². The number of nitrogens with one attached hydrogen (secondary N) is 1. The fourth-order valence-corrected chi connectivity index (χ4v) is 2.70. The maximum Gasteiger partial charge on any atom is 0.138 e. The smallest absolute Gasteiger partial charge is 0.138 e. The Bertz CT molecular complexity index is 1680. The van der Waals surface area contributed by atoms with Gasteiger partial charge in [0.2, 0.25) is 0 Å². The van der Waals surface area contributed by atoms with Gasteiger partial charge in [-0.3, -0.25) is 29.7 Å². The minimum Gasteiger partial charge on any atom is -0.286 e. The van der Waals surface area contributed by atoms with E-state index in [9.17, 15) is 0 Å². The van der Waals surface area contributed by atoms with Crippen LogP contribution >= 0.6 is 0 Å². The Morgan fingerprint density at radius 2 is 0.538 bits per heavy atom. The number of aromatic nitrogens is 14. The Kier molecular flexibility index (Phi) is 217. The quantitative estimate of drug-likeness (QED) is 0.163. The largest absolute Gasteiger partial charge is 0.286 e. The minimum absolute atomic E-state index is 0.491. The van der Waals surface area contributed by atoms with Crippen molar-refractivity contribution in [1.29, 1.82) is 0 Å². The Balaban J connectivity index is -0.0000000510. The van der Waals surface area contributed by atoms with Crippen molar-refractivity contribution < 1.29 is 0 Å². The second-order valence-corrected chi connectivity index (χ2v) is 23.2. The molecule has 1 aromatic carbocycles. The predicted octanol–water partition coefficient (Wildman–Crippen LogP) is 28.6. The molecule has 16 heteroatoms. The van der Waals surface area contributed by atoms with E-state index in [0.717, 1.165) is 53.9 Å². The molecule has 0 spiro atoms. The van der Waals surface area contributed by atoms with Gasteiger partial charge in [0, 0.05) is 105 Å². The molecule has 0 aliphatic carbocycles. The van der Waals surface area contributed by atoms with Crippen LogP contribution in [0.15, 0.2) is 207 Å². The first-order chi connectivity index (χ1) is 49.7. The van der Waals surface area contributed by atoms with E-state index in [1.165, 1.54) is 18.9 Å². The zero-order valence-corrected chi connectivity index (χ0v) is 76.7. The molecule has 0 saturated carbocycles. The van der Waals surface area contributed by atoms with Gasteiger partial charge in [-0.05, 0) is 104 Å². The summed E-state index contributed by atoms with van der Waals surface area (Å²) in [4.78, 5) is 29.6. The van der Waals surface area contributed by atoms with Crippen LogP contribution in [0, 0.1) is 47.3 Å². The summed E-state index contributed by atoms with van der Waals surface area (Å²) in [6.07, 6.45) is 33.2. The van der Waals surface area contributed by atoms with Crippen molar-refractivity contribution in [1.82, 2.24) is 70.3 Å². The number of benzene rings is 1. The molecule has 7 aromatic heterocycles. The van der Waals surface area contributed by atoms with Crippen molar-refractivity contribution >= 4 is 12.6 Å². The lowest BCUT2D eigenvalue weighted by atomic mass is 10.3. The van der Waals surface area contributed by atoms with E-state index in [-0.39, 0.29) is 0 Å². The summed E-state index contributed by atoms with van der Waals surface area (Å²) in [5.74, 6) is 6.67. The van der Waals surface area contributed by atoms with Crippen LogP contribution in [0.3, 0.4) is 0 Å². The number of aromatic amines is 1. The summed E-state index contributed by atoms with van der Waals surface area (Å²) in [7, 11) is 0. The third kappa shape index (κ3) is 338. The molecular formula is C88H178N16. The molecule has 8 heterocycles. The predicted molar refractivity (Wildman–Crippen MR) is 476 cm³/mol. The Morgan fingerprint density at radius 1 is 0.260 bits per heavy atom. The molecule has 16 nitrogen and oxygen atoms in total. The van der Waals surface area contributed by atoms with Gasteiger partial charge in [0.05, 0.1) is 12.7 Å². The SMILES string of the molecule is C1=NC=NC1.CC.CC.CC.CC.CC.CC.CC.CC.CC.CC(C)C.CC(C)C.CC(C)C.CC(C)C.CC(C)C.CC(C)C.CC(C)C.CC(C)C.CC(C)n1cccn1.c1ccccc1.c1ccncc1.c1ccnnc1.c1cn[nH]c1.c1cnccn1.c1cncnc1.c1cnncn1. The molecule has 0 radical (unpaired) electrons. The van der Waals surface area contributed by atoms with Crippen LogP contribution in [0.5, 0.6) is 0 Å². The number of hydrogen-bond donors (Lipinski definition) is 1. The zero-order valence-electron chi connectivity index (χ0n) is 76.7. The molecule has 0 fully saturated rings. The zero-order chi connectivity index (χ0) is 85.1. The fraction of sp³-hybridized carbons (Fsp3) is 0.614. The third-order valence-corrected chi connectivity index (χ3v) is 4.98. The topological polar surface area (TPSA) is 200 Å². The van der Waals surface area contributed by atoms with E-state index in [1.807, 2.05) is 214 Å². The van der Waals surface area contributed by atoms with Crippen molar-refractivity contribution in [3.05, 3.63) is 197 Å². The van der Waals surface area contributed by atoms with Crippen LogP contribution in [0.25, 0.3) is 0 Å². The monoisotopic (exact) mass is 1460 g/mol. The van der Waals surface area contributed by atoms with Gasteiger partial charge >= 0.3 is 0 Å². The summed E-state index contributed by atoms with van der Waals surface area (Å²) in [6.45, 7) is 93.0. The van der Waals surface area contributed by atoms with Crippen molar-refractivity contribution in [2.24, 2.45) is 57.3 Å². The van der Waals surface area contributed by atoms with Crippen molar-refractivity contribution in [2.45, 2.75) is 311 Å². The first-order valence-electron chi connectivity index (χ1n) is 39.1. The van der Waals surface area contributed by atoms with Crippen LogP contribution in [0.4, 0.5) is 0 Å². The second kappa shape index (κ2) is 162. The Hall–Kier alpha value is -7.62. The molecule has 0 amide bonds. The number of H-pyrrole nitrogens is 1. The highest BCUT2D eigenvalue weighted by Crippen LogP contribution is 1.98. The number of pyridine rings is 1. The molecule has 1 N–H and O–H groups in total. The van der Waals surface area contributed by atoms with Gasteiger partial charge in [0.1, 0.15) is 19.0 Å². The number of rotatable bonds is 1. The first-order valence-corrected chi connectivity index (χ1v) is 39.1. The average molecular weight is 1460 g/mol. The molecule has 104 heavy (non-hydrogen) atoms. The lowest BCUT2D eigenvalue weighted by Crippen LogP contribution is -1.99. The molecule has 0 bridgehead atoms. The van der Waals surface area contributed by atoms with Crippen LogP contribution < -0.4 is 0 Å². The number of hydrogen-bond acceptors (Lipinski definition) is 14. The van der Waals surface area contributed by atoms with Crippen LogP contribution in [-0.4, -0.2) is 89.4 Å². The Labute approximate surface area is 650 Å². The number of aliphatic imine (C=N–C) groups is 2. The molecule has 0 unspecified atom stereocenters. The van der Waals surface area contributed by atoms with Gasteiger partial charge in [0.25, 0.3) is 0 Å². The molecule has 0 atom stereocenters. The lowest BCUT2D eigenvalue weighted by Gasteiger charge is -2.01. The van der Waals surface area contributed by atoms with E-state index in [2.05, 4.69) is 256 Å². The van der Waals surface area contributed by atoms with E-state index in [4.69, 9.17) is 0 Å².